The molecule has 4 unspecified atom stereocenters. The second kappa shape index (κ2) is 19.7. The molecule has 6 aliphatic rings. The van der Waals surface area contributed by atoms with Gasteiger partial charge in [0.15, 0.2) is 0 Å². The Morgan fingerprint density at radius 1 is 0.912 bits per heavy atom. The van der Waals surface area contributed by atoms with E-state index in [4.69, 9.17) is 4.74 Å². The van der Waals surface area contributed by atoms with E-state index in [0.717, 1.165) is 72.3 Å². The van der Waals surface area contributed by atoms with Gasteiger partial charge in [-0.1, -0.05) is 18.2 Å². The van der Waals surface area contributed by atoms with Crippen LogP contribution in [0.3, 0.4) is 0 Å². The third-order valence-electron chi connectivity index (χ3n) is 13.9. The number of pyridine rings is 1. The number of benzene rings is 2. The smallest absolute Gasteiger partial charge is 0.262 e. The summed E-state index contributed by atoms with van der Waals surface area (Å²) in [5, 5.41) is 14.5. The number of imide groups is 2. The number of nitrogens with zero attached hydrogens (tertiary/aromatic N) is 4. The number of hydrogen-bond donors (Lipinski definition) is 5. The number of hydrogen-bond acceptors (Lipinski definition) is 14. The van der Waals surface area contributed by atoms with Crippen LogP contribution in [-0.4, -0.2) is 145 Å². The van der Waals surface area contributed by atoms with Crippen molar-refractivity contribution in [3.05, 3.63) is 83.2 Å². The van der Waals surface area contributed by atoms with Gasteiger partial charge in [0.05, 0.1) is 41.0 Å². The molecule has 2 aromatic carbocycles. The van der Waals surface area contributed by atoms with E-state index in [1.165, 1.54) is 16.4 Å². The van der Waals surface area contributed by atoms with Crippen LogP contribution in [0, 0.1) is 11.8 Å². The molecule has 5 fully saturated rings. The highest BCUT2D eigenvalue weighted by Crippen LogP contribution is 2.48. The second-order valence-electron chi connectivity index (χ2n) is 18.5. The lowest BCUT2D eigenvalue weighted by atomic mass is 9.94. The van der Waals surface area contributed by atoms with Crippen LogP contribution >= 0.6 is 11.8 Å². The zero-order valence-corrected chi connectivity index (χ0v) is 39.3. The number of ether oxygens (including phenoxy) is 1. The highest BCUT2D eigenvalue weighted by molar-refractivity contribution is 8.00. The zero-order chi connectivity index (χ0) is 47.7. The average Bonchev–Trinajstić information content (AvgIpc) is 3.61. The first kappa shape index (κ1) is 47.3. The normalized spacial score (nSPS) is 24.1. The number of sulfonamides is 1. The van der Waals surface area contributed by atoms with Crippen molar-refractivity contribution < 1.29 is 46.7 Å². The topological polar surface area (TPSA) is 246 Å². The van der Waals surface area contributed by atoms with Gasteiger partial charge in [0.2, 0.25) is 39.6 Å². The summed E-state index contributed by atoms with van der Waals surface area (Å²) in [6, 6.07) is 15.8. The number of rotatable bonds is 16. The molecule has 7 amide bonds. The summed E-state index contributed by atoms with van der Waals surface area (Å²) in [5.74, 6) is -1.88. The molecule has 6 heterocycles. The molecule has 1 aliphatic carbocycles. The predicted molar refractivity (Wildman–Crippen MR) is 249 cm³/mol. The highest BCUT2D eigenvalue weighted by atomic mass is 32.2. The SMILES string of the molecule is CS(=O)(=O)N1CCC(C(=O)NCC(=O)NC2NC(c3cccc(-c4ccnc(C5(C(=O)NCC6CCN(CCOc7ccc8c(c7)C(=O)N(C7CCC(=O)NC7=O)C8=O)CC6)CC5)c4)c3)CS2)C1. The van der Waals surface area contributed by atoms with Gasteiger partial charge in [-0.3, -0.25) is 59.0 Å². The molecule has 9 rings (SSSR count). The van der Waals surface area contributed by atoms with Crippen molar-refractivity contribution in [2.24, 2.45) is 11.8 Å². The van der Waals surface area contributed by atoms with Gasteiger partial charge in [-0.25, -0.2) is 12.7 Å². The number of nitrogens with one attached hydrogen (secondary N) is 5. The number of carbonyl (C=O) groups excluding carboxylic acids is 7. The molecule has 3 aromatic rings. The monoisotopic (exact) mass is 969 g/mol. The van der Waals surface area contributed by atoms with Crippen LogP contribution in [0.5, 0.6) is 5.75 Å². The molecular formula is C47H55N9O10S2. The summed E-state index contributed by atoms with van der Waals surface area (Å²) in [6.45, 7) is 3.51. The fraction of sp³-hybridized carbons (Fsp3) is 0.489. The molecule has 5 aliphatic heterocycles. The van der Waals surface area contributed by atoms with Gasteiger partial charge in [-0.2, -0.15) is 0 Å². The van der Waals surface area contributed by atoms with Gasteiger partial charge >= 0.3 is 0 Å². The van der Waals surface area contributed by atoms with E-state index >= 15 is 0 Å². The maximum absolute atomic E-state index is 13.8. The quantitative estimate of drug-likeness (QED) is 0.127. The van der Waals surface area contributed by atoms with E-state index < -0.39 is 51.0 Å². The van der Waals surface area contributed by atoms with Crippen molar-refractivity contribution in [2.45, 2.75) is 67.9 Å². The Morgan fingerprint density at radius 2 is 1.69 bits per heavy atom. The highest BCUT2D eigenvalue weighted by Gasteiger charge is 2.53. The second-order valence-corrected chi connectivity index (χ2v) is 21.6. The van der Waals surface area contributed by atoms with Crippen molar-refractivity contribution >= 4 is 63.1 Å². The van der Waals surface area contributed by atoms with Crippen molar-refractivity contribution in [1.82, 2.24) is 45.7 Å². The van der Waals surface area contributed by atoms with E-state index in [0.29, 0.717) is 43.5 Å². The Balaban J connectivity index is 0.702. The van der Waals surface area contributed by atoms with Crippen LogP contribution in [-0.2, 0) is 39.4 Å². The minimum Gasteiger partial charge on any atom is -0.492 e. The maximum atomic E-state index is 13.8. The Morgan fingerprint density at radius 3 is 2.44 bits per heavy atom. The Labute approximate surface area is 398 Å². The third-order valence-corrected chi connectivity index (χ3v) is 16.3. The minimum absolute atomic E-state index is 0.00144. The lowest BCUT2D eigenvalue weighted by Gasteiger charge is -2.32. The fourth-order valence-electron chi connectivity index (χ4n) is 9.68. The summed E-state index contributed by atoms with van der Waals surface area (Å²) in [7, 11) is -3.37. The van der Waals surface area contributed by atoms with E-state index in [2.05, 4.69) is 42.5 Å². The summed E-state index contributed by atoms with van der Waals surface area (Å²) < 4.78 is 30.9. The molecule has 5 N–H and O–H groups in total. The summed E-state index contributed by atoms with van der Waals surface area (Å²) in [6.07, 6.45) is 6.73. The molecule has 0 radical (unpaired) electrons. The number of carbonyl (C=O) groups is 7. The first-order valence-corrected chi connectivity index (χ1v) is 26.0. The van der Waals surface area contributed by atoms with Gasteiger partial charge in [0.25, 0.3) is 11.8 Å². The molecule has 68 heavy (non-hydrogen) atoms. The van der Waals surface area contributed by atoms with Gasteiger partial charge in [-0.15, -0.1) is 11.8 Å². The number of amides is 7. The molecule has 19 nitrogen and oxygen atoms in total. The molecule has 0 spiro atoms. The molecule has 0 bridgehead atoms. The average molecular weight is 970 g/mol. The van der Waals surface area contributed by atoms with Crippen molar-refractivity contribution in [3.8, 4) is 16.9 Å². The van der Waals surface area contributed by atoms with E-state index in [9.17, 15) is 42.0 Å². The maximum Gasteiger partial charge on any atom is 0.262 e. The van der Waals surface area contributed by atoms with E-state index in [1.807, 2.05) is 30.3 Å². The summed E-state index contributed by atoms with van der Waals surface area (Å²) in [5.41, 5.74) is 3.11. The summed E-state index contributed by atoms with van der Waals surface area (Å²) >= 11 is 1.56. The molecule has 4 atom stereocenters. The van der Waals surface area contributed by atoms with Crippen LogP contribution in [0.25, 0.3) is 11.1 Å². The zero-order valence-electron chi connectivity index (χ0n) is 37.7. The number of likely N-dealkylation sites (tertiary alicyclic amines) is 1. The molecular weight excluding hydrogens is 915 g/mol. The van der Waals surface area contributed by atoms with Crippen molar-refractivity contribution in [1.29, 1.82) is 0 Å². The number of fused-ring (bicyclic) bond motifs is 1. The predicted octanol–water partition coefficient (Wildman–Crippen LogP) is 1.26. The lowest BCUT2D eigenvalue weighted by molar-refractivity contribution is -0.136. The fourth-order valence-corrected chi connectivity index (χ4v) is 11.7. The van der Waals surface area contributed by atoms with Crippen molar-refractivity contribution in [3.63, 3.8) is 0 Å². The van der Waals surface area contributed by atoms with E-state index in [1.54, 1.807) is 24.0 Å². The molecule has 1 aromatic heterocycles. The first-order valence-electron chi connectivity index (χ1n) is 23.1. The third kappa shape index (κ3) is 10.3. The number of aromatic nitrogens is 1. The van der Waals surface area contributed by atoms with Crippen LogP contribution in [0.15, 0.2) is 60.8 Å². The molecule has 21 heteroatoms. The van der Waals surface area contributed by atoms with Crippen LogP contribution in [0.4, 0.5) is 0 Å². The van der Waals surface area contributed by atoms with Crippen LogP contribution < -0.4 is 31.3 Å². The van der Waals surface area contributed by atoms with Gasteiger partial charge in [0.1, 0.15) is 23.9 Å². The van der Waals surface area contributed by atoms with Crippen LogP contribution in [0.1, 0.15) is 83.0 Å². The Hall–Kier alpha value is -5.74. The Kier molecular flexibility index (Phi) is 13.7. The van der Waals surface area contributed by atoms with Gasteiger partial charge in [0, 0.05) is 50.6 Å². The lowest BCUT2D eigenvalue weighted by Crippen LogP contribution is -2.54. The van der Waals surface area contributed by atoms with E-state index in [-0.39, 0.29) is 72.9 Å². The standard InChI is InChI=1S/C47H55N9O10S2/c1-68(64,65)55-18-12-32(26-55)41(59)49-25-40(58)53-46-51-36(27-67-46)31-4-2-3-29(21-31)30-9-15-48-38(22-30)47(13-14-47)45(63)50-24-28-10-16-54(17-11-28)19-20-66-33-5-6-34-35(23-33)44(62)56(43(34)61)37-7-8-39(57)52-42(37)60/h2-6,9,15,21-23,28,32,36-37,46,51H,7-8,10-14,16-20,24-27H2,1H3,(H,49,59)(H,50,63)(H,53,58)(H,52,57,60). The first-order chi connectivity index (χ1) is 32.6. The number of thioether (sulfide) groups is 1. The minimum atomic E-state index is -3.37. The Bertz CT molecular complexity index is 2640. The van der Waals surface area contributed by atoms with Crippen molar-refractivity contribution in [2.75, 3.05) is 64.4 Å². The number of piperidine rings is 2. The van der Waals surface area contributed by atoms with Gasteiger partial charge < -0.3 is 20.7 Å². The van der Waals surface area contributed by atoms with Gasteiger partial charge in [-0.05, 0) is 111 Å². The van der Waals surface area contributed by atoms with Crippen LogP contribution in [0.2, 0.25) is 0 Å². The summed E-state index contributed by atoms with van der Waals surface area (Å²) in [4.78, 5) is 97.2. The molecule has 1 saturated carbocycles. The largest absolute Gasteiger partial charge is 0.492 e. The molecule has 4 saturated heterocycles. The molecule has 360 valence electrons.